The molecule has 0 fully saturated rings. The smallest absolute Gasteiger partial charge is 0.480 e. The number of hydrogen-bond acceptors (Lipinski definition) is 6. The van der Waals surface area contributed by atoms with Gasteiger partial charge in [-0.2, -0.15) is 0 Å². The van der Waals surface area contributed by atoms with E-state index in [0.29, 0.717) is 0 Å². The first kappa shape index (κ1) is 21.7. The fourth-order valence-corrected chi connectivity index (χ4v) is 1.48. The van der Waals surface area contributed by atoms with Gasteiger partial charge in [-0.3, -0.25) is 29.0 Å². The summed E-state index contributed by atoms with van der Waals surface area (Å²) in [6.07, 6.45) is 0. The van der Waals surface area contributed by atoms with Gasteiger partial charge >= 0.3 is 42.7 Å². The Labute approximate surface area is 132 Å². The number of rotatable bonds is 11. The molecule has 0 radical (unpaired) electrons. The van der Waals surface area contributed by atoms with Gasteiger partial charge < -0.3 is 20.4 Å². The van der Waals surface area contributed by atoms with Crippen LogP contribution in [0.3, 0.4) is 0 Å². The van der Waals surface area contributed by atoms with Crippen molar-refractivity contribution in [2.24, 2.45) is 0 Å². The largest absolute Gasteiger partial charge is 1.00 e. The molecule has 0 saturated carbocycles. The van der Waals surface area contributed by atoms with Crippen molar-refractivity contribution in [2.45, 2.75) is 0 Å². The van der Waals surface area contributed by atoms with Crippen molar-refractivity contribution in [3.63, 3.8) is 0 Å². The van der Waals surface area contributed by atoms with Crippen LogP contribution in [0.2, 0.25) is 0 Å². The molecule has 0 bridgehead atoms. The van der Waals surface area contributed by atoms with Gasteiger partial charge in [0.1, 0.15) is 0 Å². The molecule has 21 heavy (non-hydrogen) atoms. The van der Waals surface area contributed by atoms with Crippen LogP contribution in [0.1, 0.15) is 0 Å². The zero-order valence-corrected chi connectivity index (χ0v) is 11.6. The number of carboxylic acids is 4. The fourth-order valence-electron chi connectivity index (χ4n) is 1.48. The van der Waals surface area contributed by atoms with Crippen molar-refractivity contribution in [3.05, 3.63) is 0 Å². The second-order valence-corrected chi connectivity index (χ2v) is 4.00. The molecule has 0 atom stereocenters. The van der Waals surface area contributed by atoms with Gasteiger partial charge in [0, 0.05) is 13.1 Å². The molecule has 114 valence electrons. The Morgan fingerprint density at radius 3 is 0.905 bits per heavy atom. The van der Waals surface area contributed by atoms with Crippen LogP contribution in [0.25, 0.3) is 0 Å². The minimum Gasteiger partial charge on any atom is -0.480 e. The standard InChI is InChI=1S/C10H16N2O8.Li/c13-7(14)3-11(4-8(15)16)1-2-12(5-9(17)18)6-10(19)20;/h1-6H2,(H,13,14)(H,15,16)(H,17,18)(H,19,20);/q;+1. The van der Waals surface area contributed by atoms with E-state index in [1.165, 1.54) is 0 Å². The van der Waals surface area contributed by atoms with Crippen molar-refractivity contribution in [2.75, 3.05) is 39.3 Å². The average molecular weight is 299 g/mol. The third-order valence-electron chi connectivity index (χ3n) is 2.17. The van der Waals surface area contributed by atoms with Crippen LogP contribution < -0.4 is 18.9 Å². The van der Waals surface area contributed by atoms with E-state index in [1.54, 1.807) is 0 Å². The SMILES string of the molecule is O=C(O)CN(CCN(CC(=O)O)CC(=O)O)CC(=O)O.[Li+]. The summed E-state index contributed by atoms with van der Waals surface area (Å²) in [7, 11) is 0. The normalized spacial score (nSPS) is 10.2. The van der Waals surface area contributed by atoms with Crippen LogP contribution in [0, 0.1) is 0 Å². The van der Waals surface area contributed by atoms with Crippen LogP contribution >= 0.6 is 0 Å². The van der Waals surface area contributed by atoms with E-state index in [2.05, 4.69) is 0 Å². The van der Waals surface area contributed by atoms with E-state index in [0.717, 1.165) is 9.80 Å². The number of carboxylic acid groups (broad SMARTS) is 4. The van der Waals surface area contributed by atoms with Crippen molar-refractivity contribution in [3.8, 4) is 0 Å². The van der Waals surface area contributed by atoms with Gasteiger partial charge in [-0.25, -0.2) is 0 Å². The van der Waals surface area contributed by atoms with E-state index in [4.69, 9.17) is 20.4 Å². The summed E-state index contributed by atoms with van der Waals surface area (Å²) in [5, 5.41) is 34.5. The Kier molecular flexibility index (Phi) is 11.5. The molecule has 0 aliphatic carbocycles. The first-order chi connectivity index (χ1) is 9.20. The van der Waals surface area contributed by atoms with E-state index in [9.17, 15) is 19.2 Å². The Hall–Kier alpha value is -1.60. The second kappa shape index (κ2) is 11.1. The Bertz CT molecular complexity index is 321. The molecular weight excluding hydrogens is 283 g/mol. The zero-order chi connectivity index (χ0) is 15.7. The number of aliphatic carboxylic acids is 4. The summed E-state index contributed by atoms with van der Waals surface area (Å²) in [5.41, 5.74) is 0. The van der Waals surface area contributed by atoms with E-state index < -0.39 is 50.1 Å². The third kappa shape index (κ3) is 13.1. The summed E-state index contributed by atoms with van der Waals surface area (Å²) in [4.78, 5) is 44.4. The van der Waals surface area contributed by atoms with Gasteiger partial charge in [0.15, 0.2) is 0 Å². The van der Waals surface area contributed by atoms with Gasteiger partial charge in [-0.15, -0.1) is 0 Å². The third-order valence-corrected chi connectivity index (χ3v) is 2.17. The van der Waals surface area contributed by atoms with Crippen molar-refractivity contribution in [1.82, 2.24) is 9.80 Å². The summed E-state index contributed by atoms with van der Waals surface area (Å²) in [5.74, 6) is -4.91. The first-order valence-electron chi connectivity index (χ1n) is 5.52. The monoisotopic (exact) mass is 299 g/mol. The summed E-state index contributed by atoms with van der Waals surface area (Å²) >= 11 is 0. The molecule has 0 aliphatic rings. The van der Waals surface area contributed by atoms with Crippen LogP contribution in [0.15, 0.2) is 0 Å². The second-order valence-electron chi connectivity index (χ2n) is 4.00. The average Bonchev–Trinajstić information content (AvgIpc) is 2.22. The molecule has 0 aliphatic heterocycles. The van der Waals surface area contributed by atoms with Gasteiger partial charge in [0.05, 0.1) is 26.2 Å². The summed E-state index contributed by atoms with van der Waals surface area (Å²) in [6, 6.07) is 0. The molecule has 0 aromatic heterocycles. The molecule has 0 aromatic rings. The van der Waals surface area contributed by atoms with Crippen LogP contribution in [-0.4, -0.2) is 93.4 Å². The first-order valence-corrected chi connectivity index (χ1v) is 5.52. The Morgan fingerprint density at radius 2 is 0.762 bits per heavy atom. The molecule has 0 spiro atoms. The van der Waals surface area contributed by atoms with Gasteiger partial charge in [0.2, 0.25) is 0 Å². The number of nitrogens with zero attached hydrogens (tertiary/aromatic N) is 2. The van der Waals surface area contributed by atoms with Crippen LogP contribution in [0.5, 0.6) is 0 Å². The molecule has 0 unspecified atom stereocenters. The van der Waals surface area contributed by atoms with E-state index >= 15 is 0 Å². The number of hydrogen-bond donors (Lipinski definition) is 4. The summed E-state index contributed by atoms with van der Waals surface area (Å²) in [6.45, 7) is -2.25. The predicted octanol–water partition coefficient (Wildman–Crippen LogP) is -5.07. The Morgan fingerprint density at radius 1 is 0.571 bits per heavy atom. The van der Waals surface area contributed by atoms with Gasteiger partial charge in [-0.05, 0) is 0 Å². The Balaban J connectivity index is 0. The maximum atomic E-state index is 10.6. The molecule has 0 heterocycles. The molecule has 4 N–H and O–H groups in total. The quantitative estimate of drug-likeness (QED) is 0.272. The minimum atomic E-state index is -1.23. The van der Waals surface area contributed by atoms with Gasteiger partial charge in [-0.1, -0.05) is 0 Å². The zero-order valence-electron chi connectivity index (χ0n) is 11.6. The molecule has 0 amide bonds. The maximum Gasteiger partial charge on any atom is 1.00 e. The molecular formula is C10H16LiN2O8+. The molecule has 10 nitrogen and oxygen atoms in total. The van der Waals surface area contributed by atoms with E-state index in [1.807, 2.05) is 0 Å². The van der Waals surface area contributed by atoms with Crippen molar-refractivity contribution >= 4 is 23.9 Å². The van der Waals surface area contributed by atoms with E-state index in [-0.39, 0.29) is 32.0 Å². The predicted molar refractivity (Wildman–Crippen MR) is 63.4 cm³/mol. The molecule has 0 saturated heterocycles. The maximum absolute atomic E-state index is 10.6. The topological polar surface area (TPSA) is 156 Å². The van der Waals surface area contributed by atoms with Crippen molar-refractivity contribution in [1.29, 1.82) is 0 Å². The molecule has 0 rings (SSSR count). The molecule has 11 heteroatoms. The summed E-state index contributed by atoms with van der Waals surface area (Å²) < 4.78 is 0. The number of carbonyl (C=O) groups is 4. The van der Waals surface area contributed by atoms with Crippen LogP contribution in [-0.2, 0) is 19.2 Å². The minimum absolute atomic E-state index is 0. The van der Waals surface area contributed by atoms with Crippen LogP contribution in [0.4, 0.5) is 0 Å². The van der Waals surface area contributed by atoms with Crippen molar-refractivity contribution < 1.29 is 58.5 Å². The fraction of sp³-hybridized carbons (Fsp3) is 0.600. The molecule has 0 aromatic carbocycles. The van der Waals surface area contributed by atoms with Gasteiger partial charge in [0.25, 0.3) is 0 Å².